The summed E-state index contributed by atoms with van der Waals surface area (Å²) in [4.78, 5) is 25.2. The molecule has 0 aliphatic heterocycles. The normalized spacial score (nSPS) is 18.3. The zero-order valence-electron chi connectivity index (χ0n) is 19.0. The molecular formula is C24H25F3N2O5. The van der Waals surface area contributed by atoms with Gasteiger partial charge in [-0.25, -0.2) is 4.79 Å². The molecular weight excluding hydrogens is 453 g/mol. The number of methoxy groups -OCH3 is 2. The highest BCUT2D eigenvalue weighted by Crippen LogP contribution is 2.36. The van der Waals surface area contributed by atoms with E-state index < -0.39 is 35.5 Å². The van der Waals surface area contributed by atoms with Crippen LogP contribution in [0.3, 0.4) is 0 Å². The molecule has 2 aromatic carbocycles. The number of hydrogen-bond acceptors (Lipinski definition) is 5. The molecule has 1 aromatic heterocycles. The summed E-state index contributed by atoms with van der Waals surface area (Å²) in [6.45, 7) is 1.32. The number of benzene rings is 2. The van der Waals surface area contributed by atoms with E-state index in [0.717, 1.165) is 18.6 Å². The zero-order valence-corrected chi connectivity index (χ0v) is 19.0. The Hall–Kier alpha value is -3.43. The van der Waals surface area contributed by atoms with Crippen LogP contribution in [0.2, 0.25) is 0 Å². The fourth-order valence-electron chi connectivity index (χ4n) is 4.64. The molecule has 182 valence electrons. The third-order valence-corrected chi connectivity index (χ3v) is 6.15. The summed E-state index contributed by atoms with van der Waals surface area (Å²) in [6.07, 6.45) is -3.18. The second-order valence-corrected chi connectivity index (χ2v) is 8.28. The first kappa shape index (κ1) is 23.7. The van der Waals surface area contributed by atoms with Crippen LogP contribution in [-0.4, -0.2) is 35.4 Å². The number of carbonyl (C=O) groups excluding carboxylic acids is 1. The van der Waals surface area contributed by atoms with Gasteiger partial charge in [-0.05, 0) is 55.2 Å². The van der Waals surface area contributed by atoms with E-state index in [1.54, 1.807) is 18.2 Å². The molecule has 1 saturated carbocycles. The van der Waals surface area contributed by atoms with E-state index in [2.05, 4.69) is 0 Å². The van der Waals surface area contributed by atoms with E-state index in [-0.39, 0.29) is 12.1 Å². The Balaban J connectivity index is 1.87. The van der Waals surface area contributed by atoms with Gasteiger partial charge in [-0.1, -0.05) is 6.07 Å². The zero-order chi connectivity index (χ0) is 24.6. The SMILES string of the molecule is COc1ccc(Cn2c(=O)n([C@H]3CCC[C@@H]3OC(C)=O)c3ccc(C(F)(F)F)cc32)cc1OC. The van der Waals surface area contributed by atoms with Crippen molar-refractivity contribution in [1.29, 1.82) is 0 Å². The van der Waals surface area contributed by atoms with Gasteiger partial charge in [-0.2, -0.15) is 13.2 Å². The van der Waals surface area contributed by atoms with Crippen molar-refractivity contribution in [2.75, 3.05) is 14.2 Å². The maximum Gasteiger partial charge on any atom is 0.416 e. The molecule has 1 aliphatic carbocycles. The Bertz CT molecular complexity index is 1280. The highest BCUT2D eigenvalue weighted by atomic mass is 19.4. The highest BCUT2D eigenvalue weighted by molar-refractivity contribution is 5.77. The number of esters is 1. The number of carbonyl (C=O) groups is 1. The second kappa shape index (κ2) is 9.08. The Morgan fingerprint density at radius 2 is 1.76 bits per heavy atom. The summed E-state index contributed by atoms with van der Waals surface area (Å²) in [7, 11) is 2.97. The summed E-state index contributed by atoms with van der Waals surface area (Å²) >= 11 is 0. The number of ether oxygens (including phenoxy) is 3. The van der Waals surface area contributed by atoms with Gasteiger partial charge in [0.15, 0.2) is 11.5 Å². The smallest absolute Gasteiger partial charge is 0.416 e. The first-order valence-electron chi connectivity index (χ1n) is 10.8. The van der Waals surface area contributed by atoms with Crippen LogP contribution in [0.1, 0.15) is 43.4 Å². The van der Waals surface area contributed by atoms with Crippen molar-refractivity contribution in [3.8, 4) is 11.5 Å². The molecule has 2 atom stereocenters. The third kappa shape index (κ3) is 4.36. The van der Waals surface area contributed by atoms with E-state index in [0.29, 0.717) is 35.4 Å². The monoisotopic (exact) mass is 478 g/mol. The molecule has 3 aromatic rings. The Morgan fingerprint density at radius 3 is 2.41 bits per heavy atom. The molecule has 0 saturated heterocycles. The second-order valence-electron chi connectivity index (χ2n) is 8.28. The molecule has 1 fully saturated rings. The van der Waals surface area contributed by atoms with Crippen LogP contribution < -0.4 is 15.2 Å². The van der Waals surface area contributed by atoms with Gasteiger partial charge in [0.2, 0.25) is 0 Å². The Labute approximate surface area is 193 Å². The van der Waals surface area contributed by atoms with Gasteiger partial charge in [0.05, 0.1) is 43.4 Å². The Kier molecular flexibility index (Phi) is 6.33. The maximum atomic E-state index is 13.6. The van der Waals surface area contributed by atoms with Crippen molar-refractivity contribution in [3.05, 3.63) is 58.0 Å². The Morgan fingerprint density at radius 1 is 1.03 bits per heavy atom. The number of alkyl halides is 3. The lowest BCUT2D eigenvalue weighted by molar-refractivity contribution is -0.147. The van der Waals surface area contributed by atoms with Gasteiger partial charge in [-0.15, -0.1) is 0 Å². The molecule has 1 heterocycles. The minimum absolute atomic E-state index is 0.0228. The van der Waals surface area contributed by atoms with E-state index in [4.69, 9.17) is 14.2 Å². The lowest BCUT2D eigenvalue weighted by Crippen LogP contribution is -2.33. The van der Waals surface area contributed by atoms with Crippen molar-refractivity contribution >= 4 is 17.0 Å². The van der Waals surface area contributed by atoms with Crippen LogP contribution in [0.4, 0.5) is 13.2 Å². The van der Waals surface area contributed by atoms with Crippen LogP contribution in [0, 0.1) is 0 Å². The molecule has 1 aliphatic rings. The van der Waals surface area contributed by atoms with E-state index in [1.165, 1.54) is 36.3 Å². The molecule has 10 heteroatoms. The average Bonchev–Trinajstić information content (AvgIpc) is 3.33. The van der Waals surface area contributed by atoms with Crippen LogP contribution in [-0.2, 0) is 22.3 Å². The summed E-state index contributed by atoms with van der Waals surface area (Å²) in [5.74, 6) is 0.479. The summed E-state index contributed by atoms with van der Waals surface area (Å²) < 4.78 is 59.2. The number of rotatable bonds is 6. The van der Waals surface area contributed by atoms with Crippen LogP contribution in [0.5, 0.6) is 11.5 Å². The molecule has 0 N–H and O–H groups in total. The van der Waals surface area contributed by atoms with Crippen LogP contribution in [0.25, 0.3) is 11.0 Å². The molecule has 0 bridgehead atoms. The molecule has 7 nitrogen and oxygen atoms in total. The number of aromatic nitrogens is 2. The topological polar surface area (TPSA) is 71.7 Å². The van der Waals surface area contributed by atoms with E-state index in [1.807, 2.05) is 0 Å². The van der Waals surface area contributed by atoms with Gasteiger partial charge in [0.1, 0.15) is 6.10 Å². The molecule has 0 amide bonds. The first-order valence-corrected chi connectivity index (χ1v) is 10.8. The van der Waals surface area contributed by atoms with Gasteiger partial charge in [-0.3, -0.25) is 13.9 Å². The number of hydrogen-bond donors (Lipinski definition) is 0. The quantitative estimate of drug-likeness (QED) is 0.487. The number of nitrogens with zero attached hydrogens (tertiary/aromatic N) is 2. The minimum atomic E-state index is -4.56. The maximum absolute atomic E-state index is 13.6. The van der Waals surface area contributed by atoms with Gasteiger partial charge in [0, 0.05) is 6.92 Å². The largest absolute Gasteiger partial charge is 0.493 e. The van der Waals surface area contributed by atoms with Gasteiger partial charge >= 0.3 is 17.8 Å². The first-order chi connectivity index (χ1) is 16.1. The highest BCUT2D eigenvalue weighted by Gasteiger charge is 2.36. The van der Waals surface area contributed by atoms with Crippen molar-refractivity contribution in [1.82, 2.24) is 9.13 Å². The van der Waals surface area contributed by atoms with Crippen molar-refractivity contribution in [3.63, 3.8) is 0 Å². The van der Waals surface area contributed by atoms with Crippen LogP contribution >= 0.6 is 0 Å². The molecule has 34 heavy (non-hydrogen) atoms. The summed E-state index contributed by atoms with van der Waals surface area (Å²) in [6, 6.07) is 7.89. The minimum Gasteiger partial charge on any atom is -0.493 e. The van der Waals surface area contributed by atoms with E-state index >= 15 is 0 Å². The average molecular weight is 478 g/mol. The summed E-state index contributed by atoms with van der Waals surface area (Å²) in [5.41, 5.74) is -0.140. The lowest BCUT2D eigenvalue weighted by atomic mass is 10.1. The fourth-order valence-corrected chi connectivity index (χ4v) is 4.64. The molecule has 0 unspecified atom stereocenters. The standard InChI is InChI=1S/C24H25F3N2O5/c1-14(30)34-20-6-4-5-18(20)29-17-9-8-16(24(25,26)27)12-19(17)28(23(29)31)13-15-7-10-21(32-2)22(11-15)33-3/h7-12,18,20H,4-6,13H2,1-3H3/t18-,20-/m0/s1. The van der Waals surface area contributed by atoms with Crippen molar-refractivity contribution < 1.29 is 32.2 Å². The summed E-state index contributed by atoms with van der Waals surface area (Å²) in [5, 5.41) is 0. The predicted molar refractivity (Wildman–Crippen MR) is 118 cm³/mol. The molecule has 4 rings (SSSR count). The van der Waals surface area contributed by atoms with Crippen molar-refractivity contribution in [2.24, 2.45) is 0 Å². The third-order valence-electron chi connectivity index (χ3n) is 6.15. The van der Waals surface area contributed by atoms with Gasteiger partial charge in [0.25, 0.3) is 0 Å². The molecule has 0 radical (unpaired) electrons. The predicted octanol–water partition coefficient (Wildman–Crippen LogP) is 4.54. The van der Waals surface area contributed by atoms with Crippen molar-refractivity contribution in [2.45, 2.75) is 51.1 Å². The van der Waals surface area contributed by atoms with Crippen LogP contribution in [0.15, 0.2) is 41.2 Å². The lowest BCUT2D eigenvalue weighted by Gasteiger charge is -2.21. The number of imidazole rings is 1. The van der Waals surface area contributed by atoms with Gasteiger partial charge < -0.3 is 14.2 Å². The number of fused-ring (bicyclic) bond motifs is 1. The van der Waals surface area contributed by atoms with E-state index in [9.17, 15) is 22.8 Å². The number of halogens is 3. The molecule has 0 spiro atoms. The fraction of sp³-hybridized carbons (Fsp3) is 0.417.